The van der Waals surface area contributed by atoms with Gasteiger partial charge in [0.2, 0.25) is 0 Å². The number of benzene rings is 1. The number of hydrogen-bond donors (Lipinski definition) is 2. The van der Waals surface area contributed by atoms with Gasteiger partial charge < -0.3 is 10.4 Å². The molecule has 0 fully saturated rings. The van der Waals surface area contributed by atoms with Gasteiger partial charge in [0.1, 0.15) is 5.82 Å². The van der Waals surface area contributed by atoms with E-state index in [2.05, 4.69) is 5.32 Å². The zero-order valence-corrected chi connectivity index (χ0v) is 10.7. The van der Waals surface area contributed by atoms with Crippen LogP contribution in [0.4, 0.5) is 10.1 Å². The molecule has 17 heavy (non-hydrogen) atoms. The van der Waals surface area contributed by atoms with E-state index in [0.717, 1.165) is 18.2 Å². The molecule has 0 spiro atoms. The lowest BCUT2D eigenvalue weighted by Gasteiger charge is -2.15. The van der Waals surface area contributed by atoms with E-state index in [1.807, 2.05) is 13.2 Å². The van der Waals surface area contributed by atoms with Crippen LogP contribution in [0.15, 0.2) is 18.2 Å². The normalized spacial score (nSPS) is 12.2. The predicted octanol–water partition coefficient (Wildman–Crippen LogP) is 3.08. The second kappa shape index (κ2) is 6.49. The molecule has 0 saturated carbocycles. The van der Waals surface area contributed by atoms with E-state index in [1.165, 1.54) is 12.1 Å². The number of aromatic carboxylic acids is 1. The number of carboxylic acid groups (broad SMARTS) is 1. The highest BCUT2D eigenvalue weighted by Gasteiger charge is 2.10. The highest BCUT2D eigenvalue weighted by Crippen LogP contribution is 2.17. The lowest BCUT2D eigenvalue weighted by atomic mass is 10.1. The zero-order chi connectivity index (χ0) is 12.8. The van der Waals surface area contributed by atoms with Crippen molar-refractivity contribution in [1.29, 1.82) is 0 Å². The molecule has 2 N–H and O–H groups in total. The van der Waals surface area contributed by atoms with Crippen molar-refractivity contribution in [1.82, 2.24) is 0 Å². The van der Waals surface area contributed by atoms with E-state index in [-0.39, 0.29) is 11.6 Å². The monoisotopic (exact) mass is 257 g/mol. The second-order valence-electron chi connectivity index (χ2n) is 3.83. The fourth-order valence-corrected chi connectivity index (χ4v) is 1.99. The maximum absolute atomic E-state index is 13.6. The van der Waals surface area contributed by atoms with Crippen LogP contribution in [0.5, 0.6) is 0 Å². The number of thioether (sulfide) groups is 1. The predicted molar refractivity (Wildman–Crippen MR) is 69.4 cm³/mol. The van der Waals surface area contributed by atoms with Crippen LogP contribution in [0.25, 0.3) is 0 Å². The van der Waals surface area contributed by atoms with Gasteiger partial charge in [0, 0.05) is 6.04 Å². The Morgan fingerprint density at radius 1 is 1.59 bits per heavy atom. The first-order valence-electron chi connectivity index (χ1n) is 5.33. The Morgan fingerprint density at radius 3 is 2.82 bits per heavy atom. The number of hydrogen-bond acceptors (Lipinski definition) is 3. The summed E-state index contributed by atoms with van der Waals surface area (Å²) in [6.07, 6.45) is 2.95. The summed E-state index contributed by atoms with van der Waals surface area (Å²) >= 11 is 1.74. The molecule has 0 saturated heterocycles. The standard InChI is InChI=1S/C12H16FNO2S/c1-8(5-6-17-2)14-11-4-3-9(12(15)16)7-10(11)13/h3-4,7-8,14H,5-6H2,1-2H3,(H,15,16). The lowest BCUT2D eigenvalue weighted by molar-refractivity contribution is 0.0696. The van der Waals surface area contributed by atoms with Crippen molar-refractivity contribution < 1.29 is 14.3 Å². The van der Waals surface area contributed by atoms with Crippen LogP contribution < -0.4 is 5.32 Å². The van der Waals surface area contributed by atoms with Crippen molar-refractivity contribution in [2.75, 3.05) is 17.3 Å². The van der Waals surface area contributed by atoms with E-state index in [1.54, 1.807) is 11.8 Å². The van der Waals surface area contributed by atoms with Gasteiger partial charge in [-0.05, 0) is 43.6 Å². The van der Waals surface area contributed by atoms with Crippen molar-refractivity contribution >= 4 is 23.4 Å². The molecular formula is C12H16FNO2S. The minimum atomic E-state index is -1.12. The van der Waals surface area contributed by atoms with Gasteiger partial charge in [-0.15, -0.1) is 0 Å². The molecule has 94 valence electrons. The number of anilines is 1. The molecule has 0 aromatic heterocycles. The Bertz CT molecular complexity index is 398. The van der Waals surface area contributed by atoms with E-state index >= 15 is 0 Å². The zero-order valence-electron chi connectivity index (χ0n) is 9.87. The van der Waals surface area contributed by atoms with Crippen molar-refractivity contribution in [3.8, 4) is 0 Å². The fourth-order valence-electron chi connectivity index (χ4n) is 1.40. The third kappa shape index (κ3) is 4.26. The Balaban J connectivity index is 2.69. The summed E-state index contributed by atoms with van der Waals surface area (Å²) in [7, 11) is 0. The summed E-state index contributed by atoms with van der Waals surface area (Å²) in [6.45, 7) is 1.97. The van der Waals surface area contributed by atoms with Gasteiger partial charge in [0.05, 0.1) is 11.3 Å². The van der Waals surface area contributed by atoms with Gasteiger partial charge in [-0.25, -0.2) is 9.18 Å². The van der Waals surface area contributed by atoms with Gasteiger partial charge in [0.15, 0.2) is 0 Å². The molecule has 1 rings (SSSR count). The number of rotatable bonds is 6. The molecule has 0 aliphatic heterocycles. The molecule has 1 aromatic rings. The highest BCUT2D eigenvalue weighted by atomic mass is 32.2. The first-order chi connectivity index (χ1) is 8.04. The lowest BCUT2D eigenvalue weighted by Crippen LogP contribution is -2.17. The minimum absolute atomic E-state index is 0.0372. The number of nitrogens with one attached hydrogen (secondary N) is 1. The number of carboxylic acids is 1. The molecule has 0 bridgehead atoms. The van der Waals surface area contributed by atoms with Gasteiger partial charge >= 0.3 is 5.97 Å². The summed E-state index contributed by atoms with van der Waals surface area (Å²) in [5.74, 6) is -0.644. The topological polar surface area (TPSA) is 49.3 Å². The molecule has 0 aliphatic rings. The van der Waals surface area contributed by atoms with E-state index < -0.39 is 11.8 Å². The average molecular weight is 257 g/mol. The molecule has 0 aliphatic carbocycles. The third-order valence-corrected chi connectivity index (χ3v) is 3.02. The van der Waals surface area contributed by atoms with Crippen LogP contribution in [-0.2, 0) is 0 Å². The first kappa shape index (κ1) is 13.8. The average Bonchev–Trinajstić information content (AvgIpc) is 2.28. The van der Waals surface area contributed by atoms with Gasteiger partial charge in [0.25, 0.3) is 0 Å². The fraction of sp³-hybridized carbons (Fsp3) is 0.417. The molecule has 0 radical (unpaired) electrons. The van der Waals surface area contributed by atoms with Crippen molar-refractivity contribution in [3.05, 3.63) is 29.6 Å². The molecule has 0 heterocycles. The van der Waals surface area contributed by atoms with Crippen molar-refractivity contribution in [2.24, 2.45) is 0 Å². The SMILES string of the molecule is CSCCC(C)Nc1ccc(C(=O)O)cc1F. The Labute approximate surface area is 104 Å². The molecule has 1 atom stereocenters. The summed E-state index contributed by atoms with van der Waals surface area (Å²) in [5, 5.41) is 11.7. The summed E-state index contributed by atoms with van der Waals surface area (Å²) in [6, 6.07) is 4.06. The van der Waals surface area contributed by atoms with Gasteiger partial charge in [-0.1, -0.05) is 0 Å². The van der Waals surface area contributed by atoms with Crippen LogP contribution in [-0.4, -0.2) is 29.1 Å². The number of halogens is 1. The van der Waals surface area contributed by atoms with Crippen LogP contribution in [0.3, 0.4) is 0 Å². The first-order valence-corrected chi connectivity index (χ1v) is 6.72. The largest absolute Gasteiger partial charge is 0.478 e. The van der Waals surface area contributed by atoms with Crippen molar-refractivity contribution in [2.45, 2.75) is 19.4 Å². The molecule has 5 heteroatoms. The van der Waals surface area contributed by atoms with E-state index in [4.69, 9.17) is 5.11 Å². The Kier molecular flexibility index (Phi) is 5.28. The summed E-state index contributed by atoms with van der Waals surface area (Å²) < 4.78 is 13.6. The third-order valence-electron chi connectivity index (χ3n) is 2.37. The Morgan fingerprint density at radius 2 is 2.29 bits per heavy atom. The molecule has 1 aromatic carbocycles. The van der Waals surface area contributed by atoms with Crippen LogP contribution in [0, 0.1) is 5.82 Å². The van der Waals surface area contributed by atoms with Crippen LogP contribution in [0.2, 0.25) is 0 Å². The van der Waals surface area contributed by atoms with Crippen molar-refractivity contribution in [3.63, 3.8) is 0 Å². The maximum Gasteiger partial charge on any atom is 0.335 e. The maximum atomic E-state index is 13.6. The quantitative estimate of drug-likeness (QED) is 0.822. The van der Waals surface area contributed by atoms with E-state index in [0.29, 0.717) is 5.69 Å². The molecule has 3 nitrogen and oxygen atoms in total. The molecular weight excluding hydrogens is 241 g/mol. The Hall–Kier alpha value is -1.23. The summed E-state index contributed by atoms with van der Waals surface area (Å²) in [5.41, 5.74) is 0.313. The van der Waals surface area contributed by atoms with Crippen LogP contribution in [0.1, 0.15) is 23.7 Å². The highest BCUT2D eigenvalue weighted by molar-refractivity contribution is 7.98. The van der Waals surface area contributed by atoms with Gasteiger partial charge in [-0.2, -0.15) is 11.8 Å². The summed E-state index contributed by atoms with van der Waals surface area (Å²) in [4.78, 5) is 10.6. The molecule has 0 amide bonds. The molecule has 1 unspecified atom stereocenters. The number of carbonyl (C=O) groups is 1. The van der Waals surface area contributed by atoms with E-state index in [9.17, 15) is 9.18 Å². The second-order valence-corrected chi connectivity index (χ2v) is 4.81. The smallest absolute Gasteiger partial charge is 0.335 e. The van der Waals surface area contributed by atoms with Gasteiger partial charge in [-0.3, -0.25) is 0 Å². The minimum Gasteiger partial charge on any atom is -0.478 e. The van der Waals surface area contributed by atoms with Crippen LogP contribution >= 0.6 is 11.8 Å².